The third-order valence-corrected chi connectivity index (χ3v) is 7.88. The Morgan fingerprint density at radius 1 is 1.41 bits per heavy atom. The van der Waals surface area contributed by atoms with Crippen molar-refractivity contribution in [3.63, 3.8) is 0 Å². The van der Waals surface area contributed by atoms with Gasteiger partial charge in [-0.3, -0.25) is 9.36 Å². The number of nitrogens with zero attached hydrogens (tertiary/aromatic N) is 3. The number of fused-ring (bicyclic) bond motifs is 1. The molecule has 8 nitrogen and oxygen atoms in total. The number of carbonyl (C=O) groups is 2. The van der Waals surface area contributed by atoms with Crippen LogP contribution in [0, 0.1) is 5.92 Å². The van der Waals surface area contributed by atoms with Crippen LogP contribution in [-0.4, -0.2) is 39.5 Å². The first-order valence-corrected chi connectivity index (χ1v) is 12.8. The van der Waals surface area contributed by atoms with Crippen LogP contribution in [0.4, 0.5) is 5.00 Å². The van der Waals surface area contributed by atoms with Gasteiger partial charge in [0.2, 0.25) is 11.7 Å². The summed E-state index contributed by atoms with van der Waals surface area (Å²) in [4.78, 5) is 26.3. The highest BCUT2D eigenvalue weighted by Crippen LogP contribution is 2.40. The van der Waals surface area contributed by atoms with Gasteiger partial charge in [0.1, 0.15) is 5.00 Å². The lowest BCUT2D eigenvalue weighted by atomic mass is 9.88. The van der Waals surface area contributed by atoms with E-state index in [1.165, 1.54) is 30.2 Å². The number of carbonyl (C=O) groups excluding carboxylic acids is 2. The Morgan fingerprint density at radius 2 is 2.22 bits per heavy atom. The van der Waals surface area contributed by atoms with Crippen molar-refractivity contribution in [1.29, 1.82) is 0 Å². The van der Waals surface area contributed by atoms with E-state index in [1.807, 2.05) is 17.6 Å². The average Bonchev–Trinajstić information content (AvgIpc) is 3.47. The van der Waals surface area contributed by atoms with Crippen LogP contribution in [-0.2, 0) is 28.9 Å². The van der Waals surface area contributed by atoms with Gasteiger partial charge in [-0.25, -0.2) is 4.79 Å². The van der Waals surface area contributed by atoms with Gasteiger partial charge in [0.15, 0.2) is 15.6 Å². The van der Waals surface area contributed by atoms with Crippen LogP contribution in [0.3, 0.4) is 0 Å². The van der Waals surface area contributed by atoms with Crippen molar-refractivity contribution in [3.8, 4) is 11.6 Å². The standard InChI is InChI=1S/C21H23BrN4O4S2/c1-4-26-18(13-7-8-15(22)30-13)24-25-21(26)31-10-16(27)23-19-17(20(28)29-3)12-6-5-11(2)9-14(12)32-19/h7-8,11H,4-6,9-10H2,1-3H3,(H,23,27). The van der Waals surface area contributed by atoms with Crippen molar-refractivity contribution in [3.05, 3.63) is 32.8 Å². The number of nitrogens with one attached hydrogen (secondary N) is 1. The van der Waals surface area contributed by atoms with E-state index in [9.17, 15) is 9.59 Å². The first-order valence-electron chi connectivity index (χ1n) is 10.3. The fourth-order valence-electron chi connectivity index (χ4n) is 3.75. The molecule has 0 aliphatic heterocycles. The lowest BCUT2D eigenvalue weighted by molar-refractivity contribution is -0.113. The molecule has 1 aliphatic rings. The van der Waals surface area contributed by atoms with Gasteiger partial charge in [-0.15, -0.1) is 21.5 Å². The number of rotatable bonds is 7. The maximum Gasteiger partial charge on any atom is 0.341 e. The summed E-state index contributed by atoms with van der Waals surface area (Å²) in [6, 6.07) is 3.61. The number of thiophene rings is 1. The molecule has 0 saturated heterocycles. The first-order chi connectivity index (χ1) is 15.4. The number of methoxy groups -OCH3 is 1. The fraction of sp³-hybridized carbons (Fsp3) is 0.429. The zero-order valence-corrected chi connectivity index (χ0v) is 21.2. The number of thioether (sulfide) groups is 1. The smallest absolute Gasteiger partial charge is 0.341 e. The average molecular weight is 539 g/mol. The lowest BCUT2D eigenvalue weighted by Gasteiger charge is -2.18. The van der Waals surface area contributed by atoms with E-state index in [2.05, 4.69) is 38.4 Å². The zero-order valence-electron chi connectivity index (χ0n) is 17.9. The van der Waals surface area contributed by atoms with Crippen LogP contribution in [0.2, 0.25) is 0 Å². The topological polar surface area (TPSA) is 99.2 Å². The molecule has 1 N–H and O–H groups in total. The van der Waals surface area contributed by atoms with Gasteiger partial charge in [0.25, 0.3) is 0 Å². The van der Waals surface area contributed by atoms with Crippen LogP contribution < -0.4 is 5.32 Å². The molecule has 3 aromatic heterocycles. The number of hydrogen-bond donors (Lipinski definition) is 1. The van der Waals surface area contributed by atoms with Gasteiger partial charge in [0, 0.05) is 11.4 Å². The lowest BCUT2D eigenvalue weighted by Crippen LogP contribution is -2.17. The molecule has 0 fully saturated rings. The summed E-state index contributed by atoms with van der Waals surface area (Å²) in [6.07, 6.45) is 2.77. The molecule has 32 heavy (non-hydrogen) atoms. The number of halogens is 1. The highest BCUT2D eigenvalue weighted by Gasteiger charge is 2.29. The first kappa shape index (κ1) is 23.1. The molecular weight excluding hydrogens is 516 g/mol. The van der Waals surface area contributed by atoms with E-state index in [0.717, 1.165) is 29.7 Å². The van der Waals surface area contributed by atoms with E-state index in [-0.39, 0.29) is 11.7 Å². The van der Waals surface area contributed by atoms with Crippen LogP contribution in [0.15, 0.2) is 26.4 Å². The molecule has 0 saturated carbocycles. The van der Waals surface area contributed by atoms with Crippen LogP contribution in [0.1, 0.15) is 41.1 Å². The molecule has 0 spiro atoms. The number of aromatic nitrogens is 3. The minimum Gasteiger partial charge on any atom is -0.465 e. The Labute approximate surface area is 202 Å². The van der Waals surface area contributed by atoms with Gasteiger partial charge in [-0.05, 0) is 65.7 Å². The molecule has 3 heterocycles. The molecule has 11 heteroatoms. The Kier molecular flexibility index (Phi) is 7.06. The zero-order chi connectivity index (χ0) is 22.8. The van der Waals surface area contributed by atoms with Gasteiger partial charge < -0.3 is 14.5 Å². The fourth-order valence-corrected chi connectivity index (χ4v) is 6.27. The second-order valence-electron chi connectivity index (χ2n) is 7.54. The summed E-state index contributed by atoms with van der Waals surface area (Å²) in [7, 11) is 1.37. The molecule has 0 radical (unpaired) electrons. The van der Waals surface area contributed by atoms with E-state index >= 15 is 0 Å². The normalized spacial score (nSPS) is 15.4. The van der Waals surface area contributed by atoms with Crippen molar-refractivity contribution < 1.29 is 18.7 Å². The minimum atomic E-state index is -0.403. The monoisotopic (exact) mass is 538 g/mol. The molecule has 1 amide bonds. The van der Waals surface area contributed by atoms with Crippen molar-refractivity contribution in [2.24, 2.45) is 5.92 Å². The molecule has 1 unspecified atom stereocenters. The predicted octanol–water partition coefficient (Wildman–Crippen LogP) is 5.02. The highest BCUT2D eigenvalue weighted by atomic mass is 79.9. The number of amides is 1. The highest BCUT2D eigenvalue weighted by molar-refractivity contribution is 9.10. The van der Waals surface area contributed by atoms with Gasteiger partial charge in [0.05, 0.1) is 18.4 Å². The molecule has 1 aliphatic carbocycles. The van der Waals surface area contributed by atoms with Crippen molar-refractivity contribution in [1.82, 2.24) is 14.8 Å². The Morgan fingerprint density at radius 3 is 2.91 bits per heavy atom. The number of ether oxygens (including phenoxy) is 1. The maximum absolute atomic E-state index is 12.7. The van der Waals surface area contributed by atoms with Crippen LogP contribution >= 0.6 is 39.0 Å². The summed E-state index contributed by atoms with van der Waals surface area (Å²) < 4.78 is 13.1. The maximum atomic E-state index is 12.7. The van der Waals surface area contributed by atoms with Crippen LogP contribution in [0.25, 0.3) is 11.6 Å². The molecule has 1 atom stereocenters. The summed E-state index contributed by atoms with van der Waals surface area (Å²) in [5.41, 5.74) is 1.52. The predicted molar refractivity (Wildman–Crippen MR) is 127 cm³/mol. The van der Waals surface area contributed by atoms with Crippen LogP contribution in [0.5, 0.6) is 0 Å². The number of anilines is 1. The molecule has 4 rings (SSSR count). The number of hydrogen-bond acceptors (Lipinski definition) is 8. The number of furan rings is 1. The Balaban J connectivity index is 1.48. The number of esters is 1. The second kappa shape index (κ2) is 9.80. The van der Waals surface area contributed by atoms with Gasteiger partial charge in [-0.2, -0.15) is 0 Å². The van der Waals surface area contributed by atoms with Crippen molar-refractivity contribution in [2.45, 2.75) is 44.8 Å². The Hall–Kier alpha value is -2.11. The minimum absolute atomic E-state index is 0.138. The summed E-state index contributed by atoms with van der Waals surface area (Å²) in [5, 5.41) is 12.6. The summed E-state index contributed by atoms with van der Waals surface area (Å²) >= 11 is 6.06. The quantitative estimate of drug-likeness (QED) is 0.332. The molecule has 0 aromatic carbocycles. The Bertz CT molecular complexity index is 1150. The third kappa shape index (κ3) is 4.65. The van der Waals surface area contributed by atoms with Crippen molar-refractivity contribution >= 4 is 55.9 Å². The SMILES string of the molecule is CCn1c(SCC(=O)Nc2sc3c(c2C(=O)OC)CCC(C)C3)nnc1-c1ccc(Br)o1. The largest absolute Gasteiger partial charge is 0.465 e. The molecule has 3 aromatic rings. The summed E-state index contributed by atoms with van der Waals surface area (Å²) in [5.74, 6) is 1.30. The third-order valence-electron chi connectivity index (χ3n) is 5.31. The molecule has 170 valence electrons. The van der Waals surface area contributed by atoms with Crippen molar-refractivity contribution in [2.75, 3.05) is 18.2 Å². The molecule has 0 bridgehead atoms. The van der Waals surface area contributed by atoms with E-state index in [0.29, 0.717) is 44.4 Å². The van der Waals surface area contributed by atoms with E-state index in [4.69, 9.17) is 9.15 Å². The van der Waals surface area contributed by atoms with E-state index in [1.54, 1.807) is 6.07 Å². The second-order valence-corrected chi connectivity index (χ2v) is 10.4. The summed E-state index contributed by atoms with van der Waals surface area (Å²) in [6.45, 7) is 4.82. The molecular formula is C21H23BrN4O4S2. The van der Waals surface area contributed by atoms with Gasteiger partial charge in [-0.1, -0.05) is 18.7 Å². The van der Waals surface area contributed by atoms with Gasteiger partial charge >= 0.3 is 5.97 Å². The van der Waals surface area contributed by atoms with E-state index < -0.39 is 5.97 Å².